The van der Waals surface area contributed by atoms with Crippen molar-refractivity contribution in [2.45, 2.75) is 17.5 Å². The van der Waals surface area contributed by atoms with Crippen LogP contribution in [0.4, 0.5) is 0 Å². The zero-order valence-corrected chi connectivity index (χ0v) is 13.4. The van der Waals surface area contributed by atoms with Crippen LogP contribution in [0.25, 0.3) is 0 Å². The largest absolute Gasteiger partial charge is 0.507 e. The maximum Gasteiger partial charge on any atom is 0.262 e. The van der Waals surface area contributed by atoms with Gasteiger partial charge in [-0.15, -0.1) is 11.8 Å². The van der Waals surface area contributed by atoms with Crippen molar-refractivity contribution in [1.82, 2.24) is 5.32 Å². The first kappa shape index (κ1) is 15.6. The van der Waals surface area contributed by atoms with Crippen LogP contribution in [0.2, 0.25) is 0 Å². The number of phenols is 1. The topological polar surface area (TPSA) is 67.8 Å². The summed E-state index contributed by atoms with van der Waals surface area (Å²) in [5.41, 5.74) is 0.628. The molecule has 1 heterocycles. The summed E-state index contributed by atoms with van der Waals surface area (Å²) in [7, 11) is 1.53. The normalized spacial score (nSPS) is 16.1. The Hall–Kier alpha value is -2.34. The van der Waals surface area contributed by atoms with Gasteiger partial charge in [-0.25, -0.2) is 0 Å². The minimum absolute atomic E-state index is 0.0916. The maximum absolute atomic E-state index is 12.3. The van der Waals surface area contributed by atoms with Crippen molar-refractivity contribution in [1.29, 1.82) is 0 Å². The van der Waals surface area contributed by atoms with Crippen LogP contribution in [0.3, 0.4) is 0 Å². The Kier molecular flexibility index (Phi) is 4.62. The Morgan fingerprint density at radius 3 is 3.00 bits per heavy atom. The molecule has 2 aromatic rings. The lowest BCUT2D eigenvalue weighted by Gasteiger charge is -2.24. The van der Waals surface area contributed by atoms with Crippen molar-refractivity contribution in [3.63, 3.8) is 0 Å². The van der Waals surface area contributed by atoms with Gasteiger partial charge in [0.1, 0.15) is 17.2 Å². The molecule has 0 radical (unpaired) electrons. The number of hydrogen-bond donors (Lipinski definition) is 2. The summed E-state index contributed by atoms with van der Waals surface area (Å²) in [6.07, 6.45) is -0.532. The summed E-state index contributed by atoms with van der Waals surface area (Å²) < 4.78 is 10.8. The average molecular weight is 331 g/mol. The van der Waals surface area contributed by atoms with Gasteiger partial charge in [-0.2, -0.15) is 0 Å². The minimum atomic E-state index is -0.532. The van der Waals surface area contributed by atoms with Crippen LogP contribution in [-0.2, 0) is 11.3 Å². The molecule has 6 heteroatoms. The molecule has 0 saturated carbocycles. The van der Waals surface area contributed by atoms with Gasteiger partial charge in [-0.1, -0.05) is 12.1 Å². The van der Waals surface area contributed by atoms with E-state index in [-0.39, 0.29) is 18.2 Å². The van der Waals surface area contributed by atoms with Crippen LogP contribution in [-0.4, -0.2) is 30.0 Å². The molecule has 1 atom stereocenters. The molecule has 0 unspecified atom stereocenters. The standard InChI is InChI=1S/C17H17NO4S/c1-21-12-7-6-11(13(19)8-12)9-18-17(20)15-10-23-16-5-3-2-4-14(16)22-15/h2-8,15,19H,9-10H2,1H3,(H,18,20)/t15-/m0/s1. The smallest absolute Gasteiger partial charge is 0.262 e. The molecule has 120 valence electrons. The number of thioether (sulfide) groups is 1. The van der Waals surface area contributed by atoms with Crippen LogP contribution in [0.15, 0.2) is 47.4 Å². The number of amides is 1. The van der Waals surface area contributed by atoms with E-state index in [1.54, 1.807) is 23.9 Å². The third-order valence-corrected chi connectivity index (χ3v) is 4.66. The van der Waals surface area contributed by atoms with Crippen molar-refractivity contribution < 1.29 is 19.4 Å². The van der Waals surface area contributed by atoms with Crippen molar-refractivity contribution in [2.75, 3.05) is 12.9 Å². The second-order valence-corrected chi connectivity index (χ2v) is 6.14. The lowest BCUT2D eigenvalue weighted by molar-refractivity contribution is -0.127. The van der Waals surface area contributed by atoms with E-state index in [0.29, 0.717) is 17.1 Å². The zero-order valence-electron chi connectivity index (χ0n) is 12.6. The van der Waals surface area contributed by atoms with Crippen molar-refractivity contribution in [3.05, 3.63) is 48.0 Å². The number of hydrogen-bond acceptors (Lipinski definition) is 5. The first-order valence-electron chi connectivity index (χ1n) is 7.19. The highest BCUT2D eigenvalue weighted by molar-refractivity contribution is 7.99. The molecule has 1 amide bonds. The summed E-state index contributed by atoms with van der Waals surface area (Å²) in [5.74, 6) is 1.77. The highest BCUT2D eigenvalue weighted by atomic mass is 32.2. The van der Waals surface area contributed by atoms with E-state index in [4.69, 9.17) is 9.47 Å². The predicted molar refractivity (Wildman–Crippen MR) is 88.1 cm³/mol. The van der Waals surface area contributed by atoms with Crippen LogP contribution in [0, 0.1) is 0 Å². The summed E-state index contributed by atoms with van der Waals surface area (Å²) in [6, 6.07) is 12.6. The number of nitrogens with one attached hydrogen (secondary N) is 1. The Morgan fingerprint density at radius 1 is 1.39 bits per heavy atom. The van der Waals surface area contributed by atoms with Gasteiger partial charge >= 0.3 is 0 Å². The van der Waals surface area contributed by atoms with E-state index in [1.807, 2.05) is 24.3 Å². The zero-order chi connectivity index (χ0) is 16.2. The van der Waals surface area contributed by atoms with E-state index in [9.17, 15) is 9.90 Å². The molecule has 23 heavy (non-hydrogen) atoms. The fourth-order valence-electron chi connectivity index (χ4n) is 2.27. The lowest BCUT2D eigenvalue weighted by Crippen LogP contribution is -2.41. The number of para-hydroxylation sites is 1. The Morgan fingerprint density at radius 2 is 2.22 bits per heavy atom. The number of benzene rings is 2. The molecule has 2 N–H and O–H groups in total. The molecular formula is C17H17NO4S. The number of carbonyl (C=O) groups is 1. The van der Waals surface area contributed by atoms with Gasteiger partial charge in [-0.05, 0) is 24.3 Å². The summed E-state index contributed by atoms with van der Waals surface area (Å²) in [4.78, 5) is 13.3. The second-order valence-electron chi connectivity index (χ2n) is 5.08. The molecule has 1 aliphatic heterocycles. The van der Waals surface area contributed by atoms with Gasteiger partial charge in [0.25, 0.3) is 5.91 Å². The number of methoxy groups -OCH3 is 1. The third-order valence-electron chi connectivity index (χ3n) is 3.55. The number of aromatic hydroxyl groups is 1. The number of ether oxygens (including phenoxy) is 2. The Balaban J connectivity index is 1.60. The molecule has 2 aromatic carbocycles. The maximum atomic E-state index is 12.3. The molecule has 0 aromatic heterocycles. The predicted octanol–water partition coefficient (Wildman–Crippen LogP) is 2.57. The molecular weight excluding hydrogens is 314 g/mol. The summed E-state index contributed by atoms with van der Waals surface area (Å²) in [5, 5.41) is 12.7. The van der Waals surface area contributed by atoms with Crippen molar-refractivity contribution in [2.24, 2.45) is 0 Å². The van der Waals surface area contributed by atoms with E-state index < -0.39 is 6.10 Å². The number of fused-ring (bicyclic) bond motifs is 1. The second kappa shape index (κ2) is 6.83. The van der Waals surface area contributed by atoms with Crippen molar-refractivity contribution >= 4 is 17.7 Å². The van der Waals surface area contributed by atoms with Gasteiger partial charge in [0, 0.05) is 28.8 Å². The number of rotatable bonds is 4. The lowest BCUT2D eigenvalue weighted by atomic mass is 10.2. The minimum Gasteiger partial charge on any atom is -0.507 e. The van der Waals surface area contributed by atoms with Gasteiger partial charge in [0.15, 0.2) is 6.10 Å². The first-order valence-corrected chi connectivity index (χ1v) is 8.18. The number of phenolic OH excluding ortho intramolecular Hbond substituents is 1. The quantitative estimate of drug-likeness (QED) is 0.901. The fraction of sp³-hybridized carbons (Fsp3) is 0.235. The fourth-order valence-corrected chi connectivity index (χ4v) is 3.25. The van der Waals surface area contributed by atoms with Crippen LogP contribution >= 0.6 is 11.8 Å². The molecule has 3 rings (SSSR count). The molecule has 0 aliphatic carbocycles. The molecule has 0 bridgehead atoms. The molecule has 5 nitrogen and oxygen atoms in total. The molecule has 0 spiro atoms. The van der Waals surface area contributed by atoms with Crippen LogP contribution in [0.1, 0.15) is 5.56 Å². The summed E-state index contributed by atoms with van der Waals surface area (Å²) >= 11 is 1.60. The highest BCUT2D eigenvalue weighted by Crippen LogP contribution is 2.35. The first-order chi connectivity index (χ1) is 11.2. The third kappa shape index (κ3) is 3.53. The van der Waals surface area contributed by atoms with E-state index in [1.165, 1.54) is 13.2 Å². The SMILES string of the molecule is COc1ccc(CNC(=O)[C@@H]2CSc3ccccc3O2)c(O)c1. The summed E-state index contributed by atoms with van der Waals surface area (Å²) in [6.45, 7) is 0.237. The van der Waals surface area contributed by atoms with Crippen molar-refractivity contribution in [3.8, 4) is 17.2 Å². The highest BCUT2D eigenvalue weighted by Gasteiger charge is 2.26. The number of carbonyl (C=O) groups excluding carboxylic acids is 1. The van der Waals surface area contributed by atoms with E-state index in [0.717, 1.165) is 10.6 Å². The average Bonchev–Trinajstić information content (AvgIpc) is 2.59. The Bertz CT molecular complexity index is 719. The van der Waals surface area contributed by atoms with Crippen LogP contribution in [0.5, 0.6) is 17.2 Å². The van der Waals surface area contributed by atoms with E-state index in [2.05, 4.69) is 5.32 Å². The molecule has 0 saturated heterocycles. The van der Waals surface area contributed by atoms with Gasteiger partial charge in [0.05, 0.1) is 7.11 Å². The van der Waals surface area contributed by atoms with Crippen LogP contribution < -0.4 is 14.8 Å². The van der Waals surface area contributed by atoms with Gasteiger partial charge < -0.3 is 19.9 Å². The van der Waals surface area contributed by atoms with E-state index >= 15 is 0 Å². The monoisotopic (exact) mass is 331 g/mol. The Labute approximate surface area is 138 Å². The molecule has 1 aliphatic rings. The van der Waals surface area contributed by atoms with Gasteiger partial charge in [0.2, 0.25) is 0 Å². The molecule has 0 fully saturated rings. The van der Waals surface area contributed by atoms with Gasteiger partial charge in [-0.3, -0.25) is 4.79 Å².